The number of benzene rings is 1. The first-order valence-electron chi connectivity index (χ1n) is 23.9. The van der Waals surface area contributed by atoms with E-state index in [1.807, 2.05) is 41.3 Å². The van der Waals surface area contributed by atoms with Gasteiger partial charge in [-0.05, 0) is 117 Å². The number of pyridine rings is 1. The molecule has 1 aromatic carbocycles. The second-order valence-corrected chi connectivity index (χ2v) is 19.2. The van der Waals surface area contributed by atoms with Crippen LogP contribution in [0.25, 0.3) is 6.08 Å². The fraction of sp³-hybridized carbons (Fsp3) is 0.551. The number of likely N-dealkylation sites (tertiary alicyclic amines) is 1. The van der Waals surface area contributed by atoms with Gasteiger partial charge < -0.3 is 24.9 Å². The topological polar surface area (TPSA) is 164 Å². The van der Waals surface area contributed by atoms with Crippen molar-refractivity contribution in [3.05, 3.63) is 83.3 Å². The predicted octanol–water partition coefficient (Wildman–Crippen LogP) is 5.03. The number of unbranched alkanes of at least 4 members (excludes halogenated alkanes) is 3. The summed E-state index contributed by atoms with van der Waals surface area (Å²) in [5.41, 5.74) is 3.00. The van der Waals surface area contributed by atoms with E-state index >= 15 is 0 Å². The number of rotatable bonds is 18. The highest BCUT2D eigenvalue weighted by Crippen LogP contribution is 2.35. The molecule has 346 valence electrons. The summed E-state index contributed by atoms with van der Waals surface area (Å²) in [5, 5.41) is 14.3. The summed E-state index contributed by atoms with van der Waals surface area (Å²) in [7, 11) is 0. The molecule has 0 aliphatic carbocycles. The number of piperazine rings is 1. The van der Waals surface area contributed by atoms with Crippen LogP contribution in [0.4, 0.5) is 5.82 Å². The number of nitrogens with zero attached hydrogens (tertiary/aromatic N) is 8. The standard InChI is InChI=1S/C49H64N10O5S/c60-45(16-12-37-9-7-22-50-34-37)51-23-3-2-8-36-18-25-58(26-19-36)49(64)41-13-15-44(54-53-41)57-27-20-38(21-28-57)56-31-29-55(30-32-56)24-4-1-5-33-65-43-11-6-10-39-40(43)35-59(48(39)63)42-14-17-46(61)52-47(42)62/h6-7,9-13,15-16,22,34,36,38,42H,1-5,8,14,17-21,23-33,35H2,(H,51,60)(H,52,61,62)/b16-12+. The highest BCUT2D eigenvalue weighted by atomic mass is 32.2. The number of aromatic nitrogens is 3. The van der Waals surface area contributed by atoms with E-state index in [2.05, 4.69) is 46.6 Å². The van der Waals surface area contributed by atoms with Crippen LogP contribution in [-0.2, 0) is 20.9 Å². The summed E-state index contributed by atoms with van der Waals surface area (Å²) in [4.78, 5) is 79.0. The number of carbonyl (C=O) groups excluding carboxylic acids is 5. The Morgan fingerprint density at radius 1 is 0.831 bits per heavy atom. The van der Waals surface area contributed by atoms with E-state index in [-0.39, 0.29) is 36.0 Å². The molecule has 1 unspecified atom stereocenters. The van der Waals surface area contributed by atoms with Gasteiger partial charge in [-0.25, -0.2) is 0 Å². The number of nitrogens with one attached hydrogen (secondary N) is 2. The average Bonchev–Trinajstić information content (AvgIpc) is 3.68. The van der Waals surface area contributed by atoms with Gasteiger partial charge in [0.2, 0.25) is 17.7 Å². The summed E-state index contributed by atoms with van der Waals surface area (Å²) in [5.74, 6) is 1.55. The van der Waals surface area contributed by atoms with Gasteiger partial charge in [-0.15, -0.1) is 22.0 Å². The Kier molecular flexibility index (Phi) is 16.3. The molecule has 2 aromatic heterocycles. The van der Waals surface area contributed by atoms with Gasteiger partial charge in [-0.1, -0.05) is 31.4 Å². The number of hydrogen-bond acceptors (Lipinski definition) is 12. The molecule has 5 aliphatic heterocycles. The molecule has 2 N–H and O–H groups in total. The van der Waals surface area contributed by atoms with Gasteiger partial charge in [0.1, 0.15) is 6.04 Å². The van der Waals surface area contributed by atoms with Gasteiger partial charge in [0.15, 0.2) is 11.5 Å². The lowest BCUT2D eigenvalue weighted by Gasteiger charge is -2.43. The summed E-state index contributed by atoms with van der Waals surface area (Å²) in [6.07, 6.45) is 18.1. The van der Waals surface area contributed by atoms with Gasteiger partial charge in [-0.3, -0.25) is 39.2 Å². The zero-order chi connectivity index (χ0) is 45.0. The Hall–Kier alpha value is -5.19. The normalized spacial score (nSPS) is 20.4. The summed E-state index contributed by atoms with van der Waals surface area (Å²) in [6.45, 7) is 9.99. The van der Waals surface area contributed by atoms with Crippen molar-refractivity contribution in [1.29, 1.82) is 0 Å². The Bertz CT molecular complexity index is 2130. The quantitative estimate of drug-likeness (QED) is 0.0759. The Morgan fingerprint density at radius 3 is 2.42 bits per heavy atom. The maximum Gasteiger partial charge on any atom is 0.274 e. The second kappa shape index (κ2) is 22.8. The Morgan fingerprint density at radius 2 is 1.66 bits per heavy atom. The molecule has 7 heterocycles. The third-order valence-corrected chi connectivity index (χ3v) is 15.0. The average molecular weight is 905 g/mol. The fourth-order valence-corrected chi connectivity index (χ4v) is 11.1. The molecule has 0 spiro atoms. The van der Waals surface area contributed by atoms with Crippen molar-refractivity contribution in [2.24, 2.45) is 5.92 Å². The minimum absolute atomic E-state index is 0.0327. The van der Waals surface area contributed by atoms with Gasteiger partial charge in [0.25, 0.3) is 11.8 Å². The van der Waals surface area contributed by atoms with Crippen molar-refractivity contribution in [1.82, 2.24) is 45.4 Å². The van der Waals surface area contributed by atoms with Crippen molar-refractivity contribution >= 4 is 53.2 Å². The molecular formula is C49H64N10O5S. The third kappa shape index (κ3) is 12.4. The minimum Gasteiger partial charge on any atom is -0.355 e. The highest BCUT2D eigenvalue weighted by Gasteiger charge is 2.40. The largest absolute Gasteiger partial charge is 0.355 e. The smallest absolute Gasteiger partial charge is 0.274 e. The molecule has 1 atom stereocenters. The number of anilines is 1. The van der Waals surface area contributed by atoms with Crippen molar-refractivity contribution in [3.63, 3.8) is 0 Å². The lowest BCUT2D eigenvalue weighted by atomic mass is 9.91. The first kappa shape index (κ1) is 46.3. The molecule has 0 bridgehead atoms. The maximum absolute atomic E-state index is 13.3. The number of piperidine rings is 3. The SMILES string of the molecule is O=C(/C=C/c1cccnc1)NCCCCC1CCN(C(=O)c2ccc(N3CCC(N4CCN(CCCCCSc5cccc6c5CN(C5CCC(=O)NC5=O)C6=O)CC4)CC3)nn2)CC1. The number of hydrogen-bond donors (Lipinski definition) is 2. The van der Waals surface area contributed by atoms with Gasteiger partial charge in [0, 0.05) is 107 Å². The van der Waals surface area contributed by atoms with Crippen molar-refractivity contribution in [3.8, 4) is 0 Å². The predicted molar refractivity (Wildman–Crippen MR) is 251 cm³/mol. The summed E-state index contributed by atoms with van der Waals surface area (Å²) < 4.78 is 0. The van der Waals surface area contributed by atoms with Crippen LogP contribution in [0, 0.1) is 5.92 Å². The van der Waals surface area contributed by atoms with E-state index in [0.29, 0.717) is 42.7 Å². The summed E-state index contributed by atoms with van der Waals surface area (Å²) in [6, 6.07) is 13.4. The third-order valence-electron chi connectivity index (χ3n) is 13.8. The highest BCUT2D eigenvalue weighted by molar-refractivity contribution is 7.99. The molecule has 4 fully saturated rings. The van der Waals surface area contributed by atoms with E-state index in [4.69, 9.17) is 0 Å². The molecule has 16 heteroatoms. The molecular weight excluding hydrogens is 841 g/mol. The van der Waals surface area contributed by atoms with Crippen LogP contribution in [0.5, 0.6) is 0 Å². The number of fused-ring (bicyclic) bond motifs is 1. The lowest BCUT2D eigenvalue weighted by molar-refractivity contribution is -0.137. The molecule has 15 nitrogen and oxygen atoms in total. The monoisotopic (exact) mass is 904 g/mol. The van der Waals surface area contributed by atoms with Crippen LogP contribution in [-0.4, -0.2) is 148 Å². The number of thioether (sulfide) groups is 1. The molecule has 0 saturated carbocycles. The van der Waals surface area contributed by atoms with Crippen molar-refractivity contribution < 1.29 is 24.0 Å². The van der Waals surface area contributed by atoms with Crippen LogP contribution in [0.15, 0.2) is 65.8 Å². The maximum atomic E-state index is 13.3. The van der Waals surface area contributed by atoms with E-state index < -0.39 is 6.04 Å². The van der Waals surface area contributed by atoms with E-state index in [1.54, 1.807) is 41.2 Å². The van der Waals surface area contributed by atoms with Crippen molar-refractivity contribution in [2.75, 3.05) is 76.1 Å². The molecule has 5 amide bonds. The Labute approximate surface area is 387 Å². The van der Waals surface area contributed by atoms with Crippen molar-refractivity contribution in [2.45, 2.75) is 101 Å². The van der Waals surface area contributed by atoms with E-state index in [0.717, 1.165) is 144 Å². The first-order chi connectivity index (χ1) is 31.8. The Balaban J connectivity index is 0.659. The summed E-state index contributed by atoms with van der Waals surface area (Å²) >= 11 is 1.80. The van der Waals surface area contributed by atoms with Crippen LogP contribution >= 0.6 is 11.8 Å². The molecule has 8 rings (SSSR count). The van der Waals surface area contributed by atoms with Crippen LogP contribution in [0.2, 0.25) is 0 Å². The zero-order valence-corrected chi connectivity index (χ0v) is 38.4. The molecule has 3 aromatic rings. The van der Waals surface area contributed by atoms with E-state index in [1.165, 1.54) is 6.42 Å². The minimum atomic E-state index is -0.586. The number of imide groups is 1. The van der Waals surface area contributed by atoms with Gasteiger partial charge >= 0.3 is 0 Å². The number of carbonyl (C=O) groups is 5. The second-order valence-electron chi connectivity index (χ2n) is 18.1. The fourth-order valence-electron chi connectivity index (χ4n) is 9.97. The van der Waals surface area contributed by atoms with Crippen LogP contribution < -0.4 is 15.5 Å². The van der Waals surface area contributed by atoms with Gasteiger partial charge in [-0.2, -0.15) is 0 Å². The van der Waals surface area contributed by atoms with Crippen LogP contribution in [0.3, 0.4) is 0 Å². The lowest BCUT2D eigenvalue weighted by Crippen LogP contribution is -2.53. The van der Waals surface area contributed by atoms with Gasteiger partial charge in [0.05, 0.1) is 0 Å². The number of amides is 5. The molecule has 5 aliphatic rings. The molecule has 65 heavy (non-hydrogen) atoms. The van der Waals surface area contributed by atoms with Crippen LogP contribution in [0.1, 0.15) is 109 Å². The molecule has 0 radical (unpaired) electrons. The zero-order valence-electron chi connectivity index (χ0n) is 37.6. The molecule has 4 saturated heterocycles. The van der Waals surface area contributed by atoms with E-state index in [9.17, 15) is 24.0 Å². The first-order valence-corrected chi connectivity index (χ1v) is 24.9.